The number of para-hydroxylation sites is 1. The summed E-state index contributed by atoms with van der Waals surface area (Å²) in [4.78, 5) is 23.9. The SMILES string of the molecule is CCC(CC)c1nnc(NC(=O)c2cccc3c2OCC(=O)N3)s1. The molecular weight excluding hydrogens is 328 g/mol. The molecule has 1 aliphatic rings. The molecule has 3 rings (SSSR count). The van der Waals surface area contributed by atoms with Gasteiger partial charge in [-0.05, 0) is 25.0 Å². The van der Waals surface area contributed by atoms with Gasteiger partial charge in [0.15, 0.2) is 12.4 Å². The molecular formula is C16H18N4O3S. The zero-order valence-electron chi connectivity index (χ0n) is 13.5. The lowest BCUT2D eigenvalue weighted by Gasteiger charge is -2.19. The van der Waals surface area contributed by atoms with Crippen molar-refractivity contribution in [1.29, 1.82) is 0 Å². The predicted octanol–water partition coefficient (Wildman–Crippen LogP) is 3.02. The standard InChI is InChI=1S/C16H18N4O3S/c1-3-9(4-2)15-19-20-16(24-15)18-14(22)10-6-5-7-11-13(10)23-8-12(21)17-11/h5-7,9H,3-4,8H2,1-2H3,(H,17,21)(H,18,20,22). The Bertz CT molecular complexity index is 770. The molecule has 126 valence electrons. The van der Waals surface area contributed by atoms with Crippen molar-refractivity contribution in [2.75, 3.05) is 17.2 Å². The van der Waals surface area contributed by atoms with Crippen LogP contribution in [-0.4, -0.2) is 28.6 Å². The molecule has 0 radical (unpaired) electrons. The third kappa shape index (κ3) is 3.23. The third-order valence-electron chi connectivity index (χ3n) is 3.88. The van der Waals surface area contributed by atoms with Crippen molar-refractivity contribution >= 4 is 34.0 Å². The number of aromatic nitrogens is 2. The van der Waals surface area contributed by atoms with E-state index in [1.54, 1.807) is 18.2 Å². The molecule has 1 aromatic heterocycles. The van der Waals surface area contributed by atoms with Crippen LogP contribution in [0.4, 0.5) is 10.8 Å². The second-order valence-electron chi connectivity index (χ2n) is 5.43. The molecule has 0 atom stereocenters. The zero-order chi connectivity index (χ0) is 17.1. The van der Waals surface area contributed by atoms with Crippen LogP contribution in [0.15, 0.2) is 18.2 Å². The number of carbonyl (C=O) groups excluding carboxylic acids is 2. The number of benzene rings is 1. The van der Waals surface area contributed by atoms with E-state index in [9.17, 15) is 9.59 Å². The van der Waals surface area contributed by atoms with E-state index in [-0.39, 0.29) is 18.4 Å². The summed E-state index contributed by atoms with van der Waals surface area (Å²) in [5, 5.41) is 15.0. The number of nitrogens with one attached hydrogen (secondary N) is 2. The van der Waals surface area contributed by atoms with Gasteiger partial charge in [0, 0.05) is 5.92 Å². The Kier molecular flexibility index (Phi) is 4.75. The van der Waals surface area contributed by atoms with Gasteiger partial charge in [-0.15, -0.1) is 10.2 Å². The van der Waals surface area contributed by atoms with Gasteiger partial charge < -0.3 is 10.1 Å². The summed E-state index contributed by atoms with van der Waals surface area (Å²) in [5.41, 5.74) is 0.848. The first-order valence-electron chi connectivity index (χ1n) is 7.82. The highest BCUT2D eigenvalue weighted by Crippen LogP contribution is 2.33. The summed E-state index contributed by atoms with van der Waals surface area (Å²) in [6.07, 6.45) is 1.97. The van der Waals surface area contributed by atoms with Crippen LogP contribution in [-0.2, 0) is 4.79 Å². The molecule has 0 spiro atoms. The molecule has 2 aromatic rings. The van der Waals surface area contributed by atoms with E-state index in [2.05, 4.69) is 34.7 Å². The minimum absolute atomic E-state index is 0.102. The van der Waals surface area contributed by atoms with E-state index in [1.165, 1.54) is 11.3 Å². The van der Waals surface area contributed by atoms with Gasteiger partial charge in [0.1, 0.15) is 5.01 Å². The first-order valence-corrected chi connectivity index (χ1v) is 8.64. The largest absolute Gasteiger partial charge is 0.481 e. The molecule has 0 aliphatic carbocycles. The topological polar surface area (TPSA) is 93.2 Å². The van der Waals surface area contributed by atoms with Gasteiger partial charge in [0.25, 0.3) is 11.8 Å². The Hall–Kier alpha value is -2.48. The quantitative estimate of drug-likeness (QED) is 0.868. The fraction of sp³-hybridized carbons (Fsp3) is 0.375. The highest BCUT2D eigenvalue weighted by molar-refractivity contribution is 7.15. The molecule has 7 nitrogen and oxygen atoms in total. The first kappa shape index (κ1) is 16.4. The second kappa shape index (κ2) is 6.96. The number of hydrogen-bond donors (Lipinski definition) is 2. The maximum Gasteiger partial charge on any atom is 0.262 e. The maximum absolute atomic E-state index is 12.5. The molecule has 2 N–H and O–H groups in total. The molecule has 24 heavy (non-hydrogen) atoms. The van der Waals surface area contributed by atoms with Gasteiger partial charge in [-0.3, -0.25) is 14.9 Å². The lowest BCUT2D eigenvalue weighted by molar-refractivity contribution is -0.118. The van der Waals surface area contributed by atoms with Crippen molar-refractivity contribution < 1.29 is 14.3 Å². The van der Waals surface area contributed by atoms with E-state index in [0.29, 0.717) is 28.0 Å². The minimum Gasteiger partial charge on any atom is -0.481 e. The first-order chi connectivity index (χ1) is 11.6. The lowest BCUT2D eigenvalue weighted by atomic mass is 10.1. The fourth-order valence-corrected chi connectivity index (χ4v) is 3.55. The molecule has 1 aliphatic heterocycles. The summed E-state index contributed by atoms with van der Waals surface area (Å²) >= 11 is 1.39. The Morgan fingerprint density at radius 3 is 2.92 bits per heavy atom. The molecule has 2 amide bonds. The van der Waals surface area contributed by atoms with Crippen LogP contribution in [0.25, 0.3) is 0 Å². The molecule has 1 aromatic carbocycles. The second-order valence-corrected chi connectivity index (χ2v) is 6.44. The van der Waals surface area contributed by atoms with Crippen molar-refractivity contribution in [3.63, 3.8) is 0 Å². The summed E-state index contributed by atoms with van der Waals surface area (Å²) in [6.45, 7) is 4.11. The van der Waals surface area contributed by atoms with Crippen LogP contribution in [0.1, 0.15) is 48.0 Å². The number of rotatable bonds is 5. The lowest BCUT2D eigenvalue weighted by Crippen LogP contribution is -2.27. The van der Waals surface area contributed by atoms with Gasteiger partial charge >= 0.3 is 0 Å². The Balaban J connectivity index is 1.79. The fourth-order valence-electron chi connectivity index (χ4n) is 2.55. The van der Waals surface area contributed by atoms with Crippen molar-refractivity contribution in [3.05, 3.63) is 28.8 Å². The van der Waals surface area contributed by atoms with Gasteiger partial charge in [-0.25, -0.2) is 0 Å². The van der Waals surface area contributed by atoms with E-state index in [1.807, 2.05) is 0 Å². The highest BCUT2D eigenvalue weighted by Gasteiger charge is 2.23. The number of amides is 2. The van der Waals surface area contributed by atoms with Gasteiger partial charge in [-0.2, -0.15) is 0 Å². The number of nitrogens with zero attached hydrogens (tertiary/aromatic N) is 2. The van der Waals surface area contributed by atoms with E-state index in [4.69, 9.17) is 4.74 Å². The number of hydrogen-bond acceptors (Lipinski definition) is 6. The summed E-state index contributed by atoms with van der Waals surface area (Å²) < 4.78 is 5.40. The average molecular weight is 346 g/mol. The molecule has 0 bridgehead atoms. The molecule has 0 fully saturated rings. The van der Waals surface area contributed by atoms with Crippen LogP contribution < -0.4 is 15.4 Å². The number of ether oxygens (including phenoxy) is 1. The van der Waals surface area contributed by atoms with Crippen molar-refractivity contribution in [2.45, 2.75) is 32.6 Å². The van der Waals surface area contributed by atoms with Crippen LogP contribution in [0.3, 0.4) is 0 Å². The monoisotopic (exact) mass is 346 g/mol. The molecule has 8 heteroatoms. The summed E-state index contributed by atoms with van der Waals surface area (Å²) in [6, 6.07) is 5.03. The van der Waals surface area contributed by atoms with E-state index < -0.39 is 0 Å². The maximum atomic E-state index is 12.5. The Morgan fingerprint density at radius 2 is 2.17 bits per heavy atom. The Morgan fingerprint density at radius 1 is 1.38 bits per heavy atom. The summed E-state index contributed by atoms with van der Waals surface area (Å²) in [7, 11) is 0. The van der Waals surface area contributed by atoms with Crippen LogP contribution in [0.5, 0.6) is 5.75 Å². The van der Waals surface area contributed by atoms with Crippen molar-refractivity contribution in [3.8, 4) is 5.75 Å². The zero-order valence-corrected chi connectivity index (χ0v) is 14.3. The van der Waals surface area contributed by atoms with Crippen LogP contribution in [0.2, 0.25) is 0 Å². The van der Waals surface area contributed by atoms with Crippen molar-refractivity contribution in [2.24, 2.45) is 0 Å². The number of carbonyl (C=O) groups is 2. The molecule has 0 saturated carbocycles. The van der Waals surface area contributed by atoms with Crippen LogP contribution in [0, 0.1) is 0 Å². The van der Waals surface area contributed by atoms with Crippen LogP contribution >= 0.6 is 11.3 Å². The van der Waals surface area contributed by atoms with Gasteiger partial charge in [0.2, 0.25) is 5.13 Å². The number of fused-ring (bicyclic) bond motifs is 1. The third-order valence-corrected chi connectivity index (χ3v) is 4.88. The van der Waals surface area contributed by atoms with Crippen molar-refractivity contribution in [1.82, 2.24) is 10.2 Å². The van der Waals surface area contributed by atoms with Gasteiger partial charge in [0.05, 0.1) is 11.3 Å². The van der Waals surface area contributed by atoms with Gasteiger partial charge in [-0.1, -0.05) is 31.3 Å². The minimum atomic E-state index is -0.338. The molecule has 0 unspecified atom stereocenters. The molecule has 2 heterocycles. The Labute approximate surface area is 143 Å². The number of anilines is 2. The molecule has 0 saturated heterocycles. The van der Waals surface area contributed by atoms with E-state index >= 15 is 0 Å². The van der Waals surface area contributed by atoms with E-state index in [0.717, 1.165) is 17.8 Å². The highest BCUT2D eigenvalue weighted by atomic mass is 32.1. The summed E-state index contributed by atoms with van der Waals surface area (Å²) in [5.74, 6) is 0.157. The normalized spacial score (nSPS) is 13.2. The smallest absolute Gasteiger partial charge is 0.262 e. The average Bonchev–Trinajstić information content (AvgIpc) is 3.03. The predicted molar refractivity (Wildman–Crippen MR) is 91.8 cm³/mol.